The van der Waals surface area contributed by atoms with Crippen molar-refractivity contribution in [3.05, 3.63) is 48.2 Å². The minimum atomic E-state index is -0.512. The zero-order valence-corrected chi connectivity index (χ0v) is 10.7. The topological polar surface area (TPSA) is 77.0 Å². The Kier molecular flexibility index (Phi) is 4.02. The predicted molar refractivity (Wildman–Crippen MR) is 69.6 cm³/mol. The highest BCUT2D eigenvalue weighted by atomic mass is 16.5. The number of esters is 1. The normalized spacial score (nSPS) is 11.7. The van der Waals surface area contributed by atoms with Gasteiger partial charge in [-0.25, -0.2) is 9.78 Å². The number of nitrogens with one attached hydrogen (secondary N) is 1. The third kappa shape index (κ3) is 3.25. The molecule has 2 heterocycles. The van der Waals surface area contributed by atoms with Gasteiger partial charge in [0.05, 0.1) is 31.2 Å². The summed E-state index contributed by atoms with van der Waals surface area (Å²) in [6, 6.07) is 5.64. The van der Waals surface area contributed by atoms with Gasteiger partial charge in [-0.15, -0.1) is 0 Å². The van der Waals surface area contributed by atoms with E-state index in [2.05, 4.69) is 25.0 Å². The molecule has 0 saturated heterocycles. The van der Waals surface area contributed by atoms with Crippen LogP contribution in [0, 0.1) is 0 Å². The molecule has 1 unspecified atom stereocenters. The summed E-state index contributed by atoms with van der Waals surface area (Å²) in [6.45, 7) is 1.95. The maximum Gasteiger partial charge on any atom is 0.358 e. The molecule has 0 saturated carbocycles. The summed E-state index contributed by atoms with van der Waals surface area (Å²) >= 11 is 0. The van der Waals surface area contributed by atoms with E-state index >= 15 is 0 Å². The van der Waals surface area contributed by atoms with Gasteiger partial charge in [-0.05, 0) is 19.1 Å². The monoisotopic (exact) mass is 258 g/mol. The molecule has 0 aliphatic carbocycles. The molecule has 0 aliphatic heterocycles. The number of ether oxygens (including phenoxy) is 1. The van der Waals surface area contributed by atoms with Gasteiger partial charge < -0.3 is 10.1 Å². The Morgan fingerprint density at radius 3 is 2.89 bits per heavy atom. The number of nitrogens with zero attached hydrogens (tertiary/aromatic N) is 3. The standard InChI is InChI=1S/C13H14N4O2/c1-9(10-5-3-4-6-15-10)16-12-8-14-7-11(17-12)13(18)19-2/h3-9H,1-2H3,(H,16,17). The van der Waals surface area contributed by atoms with Gasteiger partial charge in [0.15, 0.2) is 5.69 Å². The lowest BCUT2D eigenvalue weighted by Crippen LogP contribution is -2.12. The molecule has 0 aromatic carbocycles. The largest absolute Gasteiger partial charge is 0.464 e. The molecule has 1 atom stereocenters. The van der Waals surface area contributed by atoms with Crippen molar-refractivity contribution >= 4 is 11.8 Å². The van der Waals surface area contributed by atoms with Crippen LogP contribution in [0.15, 0.2) is 36.8 Å². The third-order valence-electron chi connectivity index (χ3n) is 2.52. The Balaban J connectivity index is 2.13. The van der Waals surface area contributed by atoms with Crippen LogP contribution >= 0.6 is 0 Å². The number of anilines is 1. The average molecular weight is 258 g/mol. The van der Waals surface area contributed by atoms with Crippen molar-refractivity contribution < 1.29 is 9.53 Å². The first-order valence-electron chi connectivity index (χ1n) is 5.78. The Bertz CT molecular complexity index is 560. The molecule has 2 aromatic heterocycles. The molecule has 0 amide bonds. The number of methoxy groups -OCH3 is 1. The van der Waals surface area contributed by atoms with Crippen LogP contribution in [0.1, 0.15) is 29.1 Å². The molecule has 2 aromatic rings. The lowest BCUT2D eigenvalue weighted by molar-refractivity contribution is 0.0593. The van der Waals surface area contributed by atoms with E-state index in [0.717, 1.165) is 5.69 Å². The summed E-state index contributed by atoms with van der Waals surface area (Å²) in [7, 11) is 1.31. The lowest BCUT2D eigenvalue weighted by Gasteiger charge is -2.13. The minimum absolute atomic E-state index is 0.0385. The summed E-state index contributed by atoms with van der Waals surface area (Å²) < 4.78 is 4.60. The Hall–Kier alpha value is -2.50. The molecule has 6 nitrogen and oxygen atoms in total. The van der Waals surface area contributed by atoms with Crippen molar-refractivity contribution in [1.29, 1.82) is 0 Å². The molecule has 0 aliphatic rings. The summed E-state index contributed by atoms with van der Waals surface area (Å²) in [5.74, 6) is -0.0114. The lowest BCUT2D eigenvalue weighted by atomic mass is 10.2. The van der Waals surface area contributed by atoms with E-state index < -0.39 is 5.97 Å². The fourth-order valence-corrected chi connectivity index (χ4v) is 1.57. The molecule has 2 rings (SSSR count). The number of carbonyl (C=O) groups excluding carboxylic acids is 1. The van der Waals surface area contributed by atoms with Crippen molar-refractivity contribution in [1.82, 2.24) is 15.0 Å². The molecule has 19 heavy (non-hydrogen) atoms. The van der Waals surface area contributed by atoms with Crippen LogP contribution in [0.3, 0.4) is 0 Å². The molecular weight excluding hydrogens is 244 g/mol. The van der Waals surface area contributed by atoms with Crippen molar-refractivity contribution in [3.8, 4) is 0 Å². The Labute approximate surface area is 110 Å². The third-order valence-corrected chi connectivity index (χ3v) is 2.52. The van der Waals surface area contributed by atoms with Crippen LogP contribution < -0.4 is 5.32 Å². The number of hydrogen-bond acceptors (Lipinski definition) is 6. The van der Waals surface area contributed by atoms with Crippen LogP contribution in [0.5, 0.6) is 0 Å². The quantitative estimate of drug-likeness (QED) is 0.843. The van der Waals surface area contributed by atoms with Gasteiger partial charge in [-0.3, -0.25) is 9.97 Å². The average Bonchev–Trinajstić information content (AvgIpc) is 2.47. The van der Waals surface area contributed by atoms with Gasteiger partial charge in [0.2, 0.25) is 0 Å². The van der Waals surface area contributed by atoms with E-state index in [-0.39, 0.29) is 11.7 Å². The molecule has 0 radical (unpaired) electrons. The van der Waals surface area contributed by atoms with Crippen molar-refractivity contribution in [3.63, 3.8) is 0 Å². The molecule has 0 fully saturated rings. The summed E-state index contributed by atoms with van der Waals surface area (Å²) in [5, 5.41) is 3.13. The van der Waals surface area contributed by atoms with E-state index in [1.165, 1.54) is 13.3 Å². The van der Waals surface area contributed by atoms with Gasteiger partial charge >= 0.3 is 5.97 Å². The van der Waals surface area contributed by atoms with Gasteiger partial charge in [0.25, 0.3) is 0 Å². The summed E-state index contributed by atoms with van der Waals surface area (Å²) in [4.78, 5) is 23.7. The number of carbonyl (C=O) groups is 1. The first kappa shape index (κ1) is 12.9. The minimum Gasteiger partial charge on any atom is -0.464 e. The first-order valence-corrected chi connectivity index (χ1v) is 5.78. The van der Waals surface area contributed by atoms with Crippen LogP contribution in [-0.4, -0.2) is 28.0 Å². The SMILES string of the molecule is COC(=O)c1cncc(NC(C)c2ccccn2)n1. The molecule has 1 N–H and O–H groups in total. The van der Waals surface area contributed by atoms with Gasteiger partial charge in [0.1, 0.15) is 5.82 Å². The number of hydrogen-bond donors (Lipinski definition) is 1. The Morgan fingerprint density at radius 1 is 1.37 bits per heavy atom. The predicted octanol–water partition coefficient (Wildman–Crippen LogP) is 1.83. The molecule has 98 valence electrons. The molecule has 0 bridgehead atoms. The maximum atomic E-state index is 11.4. The van der Waals surface area contributed by atoms with Gasteiger partial charge in [0, 0.05) is 6.20 Å². The highest BCUT2D eigenvalue weighted by Gasteiger charge is 2.11. The van der Waals surface area contributed by atoms with Crippen LogP contribution in [0.4, 0.5) is 5.82 Å². The zero-order valence-electron chi connectivity index (χ0n) is 10.7. The van der Waals surface area contributed by atoms with Crippen molar-refractivity contribution in [2.24, 2.45) is 0 Å². The molecule has 0 spiro atoms. The van der Waals surface area contributed by atoms with E-state index in [1.807, 2.05) is 25.1 Å². The van der Waals surface area contributed by atoms with Crippen LogP contribution in [0.25, 0.3) is 0 Å². The maximum absolute atomic E-state index is 11.4. The number of aromatic nitrogens is 3. The summed E-state index contributed by atoms with van der Waals surface area (Å²) in [5.41, 5.74) is 1.05. The van der Waals surface area contributed by atoms with E-state index in [4.69, 9.17) is 0 Å². The van der Waals surface area contributed by atoms with Gasteiger partial charge in [-0.2, -0.15) is 0 Å². The number of rotatable bonds is 4. The van der Waals surface area contributed by atoms with E-state index in [9.17, 15) is 4.79 Å². The Morgan fingerprint density at radius 2 is 2.21 bits per heavy atom. The highest BCUT2D eigenvalue weighted by molar-refractivity contribution is 5.87. The van der Waals surface area contributed by atoms with Crippen LogP contribution in [0.2, 0.25) is 0 Å². The molecular formula is C13H14N4O2. The first-order chi connectivity index (χ1) is 9.20. The second-order valence-electron chi connectivity index (χ2n) is 3.90. The fraction of sp³-hybridized carbons (Fsp3) is 0.231. The van der Waals surface area contributed by atoms with Gasteiger partial charge in [-0.1, -0.05) is 6.07 Å². The van der Waals surface area contributed by atoms with E-state index in [1.54, 1.807) is 12.4 Å². The van der Waals surface area contributed by atoms with Crippen LogP contribution in [-0.2, 0) is 4.74 Å². The second-order valence-corrected chi connectivity index (χ2v) is 3.90. The van der Waals surface area contributed by atoms with Crippen molar-refractivity contribution in [2.75, 3.05) is 12.4 Å². The van der Waals surface area contributed by atoms with Crippen molar-refractivity contribution in [2.45, 2.75) is 13.0 Å². The summed E-state index contributed by atoms with van der Waals surface area (Å²) in [6.07, 6.45) is 4.64. The fourth-order valence-electron chi connectivity index (χ4n) is 1.57. The smallest absolute Gasteiger partial charge is 0.358 e. The number of pyridine rings is 1. The van der Waals surface area contributed by atoms with E-state index in [0.29, 0.717) is 5.82 Å². The highest BCUT2D eigenvalue weighted by Crippen LogP contribution is 2.15. The zero-order chi connectivity index (χ0) is 13.7. The second kappa shape index (κ2) is 5.90. The molecule has 6 heteroatoms.